The van der Waals surface area contributed by atoms with Gasteiger partial charge in [0, 0.05) is 17.5 Å². The first kappa shape index (κ1) is 21.0. The van der Waals surface area contributed by atoms with Crippen LogP contribution >= 0.6 is 0 Å². The average Bonchev–Trinajstić information content (AvgIpc) is 2.76. The van der Waals surface area contributed by atoms with Crippen LogP contribution in [-0.2, 0) is 0 Å². The Labute approximate surface area is 178 Å². The maximum atomic E-state index is 9.46. The highest BCUT2D eigenvalue weighted by atomic mass is 16.5. The van der Waals surface area contributed by atoms with Crippen LogP contribution in [0, 0.1) is 34.1 Å². The molecule has 2 heterocycles. The summed E-state index contributed by atoms with van der Waals surface area (Å²) in [5.74, 6) is 1.23. The second kappa shape index (κ2) is 9.21. The number of aromatic nitrogens is 1. The lowest BCUT2D eigenvalue weighted by Gasteiger charge is -2.27. The van der Waals surface area contributed by atoms with Crippen LogP contribution in [0.3, 0.4) is 0 Å². The van der Waals surface area contributed by atoms with Gasteiger partial charge in [0.05, 0.1) is 25.5 Å². The van der Waals surface area contributed by atoms with Crippen molar-refractivity contribution in [3.8, 4) is 29.8 Å². The molecule has 6 N–H and O–H groups in total. The van der Waals surface area contributed by atoms with Crippen LogP contribution in [0.4, 0.5) is 17.3 Å². The standard InChI is InChI=1S/C20H19N9O2/c1-30-13-6-4-5-11(17(13)31-8-3-2-7-21)16-14-15(24)12(9-22)18(25)28-19(14)29-20(27-16)26-10-23/h4-6,16H,2-3,8H2,1H3,(H6,24,25,26,27,28,29). The van der Waals surface area contributed by atoms with Crippen molar-refractivity contribution in [2.45, 2.75) is 18.9 Å². The molecule has 0 bridgehead atoms. The number of methoxy groups -OCH3 is 1. The number of nitrogens with two attached hydrogens (primary N) is 2. The summed E-state index contributed by atoms with van der Waals surface area (Å²) in [4.78, 5) is 8.78. The minimum atomic E-state index is -0.770. The quantitative estimate of drug-likeness (QED) is 0.306. The fourth-order valence-corrected chi connectivity index (χ4v) is 3.19. The van der Waals surface area contributed by atoms with Gasteiger partial charge in [0.1, 0.15) is 29.3 Å². The van der Waals surface area contributed by atoms with Crippen molar-refractivity contribution in [3.05, 3.63) is 34.9 Å². The molecule has 0 spiro atoms. The molecule has 0 fully saturated rings. The molecule has 1 aromatic heterocycles. The van der Waals surface area contributed by atoms with Gasteiger partial charge >= 0.3 is 0 Å². The number of nitrogens with zero attached hydrogens (tertiary/aromatic N) is 5. The first-order valence-electron chi connectivity index (χ1n) is 9.21. The van der Waals surface area contributed by atoms with Crippen molar-refractivity contribution < 1.29 is 9.47 Å². The van der Waals surface area contributed by atoms with E-state index in [4.69, 9.17) is 31.5 Å². The number of anilines is 3. The zero-order valence-electron chi connectivity index (χ0n) is 16.6. The van der Waals surface area contributed by atoms with E-state index in [9.17, 15) is 5.26 Å². The molecule has 0 aliphatic carbocycles. The molecule has 3 rings (SSSR count). The number of rotatable bonds is 6. The van der Waals surface area contributed by atoms with Crippen LogP contribution < -0.4 is 31.6 Å². The Hall–Kier alpha value is -4.69. The molecular formula is C20H19N9O2. The number of ether oxygens (including phenoxy) is 2. The van der Waals surface area contributed by atoms with Crippen LogP contribution in [0.15, 0.2) is 23.2 Å². The van der Waals surface area contributed by atoms with Crippen LogP contribution in [0.2, 0.25) is 0 Å². The van der Waals surface area contributed by atoms with E-state index in [1.165, 1.54) is 7.11 Å². The van der Waals surface area contributed by atoms with Crippen molar-refractivity contribution in [3.63, 3.8) is 0 Å². The summed E-state index contributed by atoms with van der Waals surface area (Å²) in [6.07, 6.45) is 2.68. The van der Waals surface area contributed by atoms with Crippen LogP contribution in [-0.4, -0.2) is 24.7 Å². The van der Waals surface area contributed by atoms with Crippen molar-refractivity contribution >= 4 is 23.3 Å². The number of unbranched alkanes of at least 4 members (excludes halogenated alkanes) is 1. The highest BCUT2D eigenvalue weighted by Crippen LogP contribution is 2.45. The first-order valence-corrected chi connectivity index (χ1v) is 9.21. The molecule has 1 aliphatic rings. The van der Waals surface area contributed by atoms with E-state index in [0.717, 1.165) is 0 Å². The smallest absolute Gasteiger partial charge is 0.211 e. The van der Waals surface area contributed by atoms with Gasteiger partial charge in [-0.1, -0.05) is 12.1 Å². The SMILES string of the molecule is COc1cccc(C2N=C(NC#N)Nc3nc(N)c(C#N)c(N)c32)c1OCCCC#N. The fraction of sp³-hybridized carbons (Fsp3) is 0.250. The highest BCUT2D eigenvalue weighted by molar-refractivity contribution is 5.98. The number of hydrogen-bond donors (Lipinski definition) is 4. The zero-order chi connectivity index (χ0) is 22.4. The number of nitrogen functional groups attached to an aromatic ring is 2. The van der Waals surface area contributed by atoms with Gasteiger partial charge in [-0.15, -0.1) is 0 Å². The van der Waals surface area contributed by atoms with Crippen molar-refractivity contribution in [2.24, 2.45) is 4.99 Å². The number of guanidine groups is 1. The number of nitrogens with one attached hydrogen (secondary N) is 2. The molecule has 0 saturated carbocycles. The summed E-state index contributed by atoms with van der Waals surface area (Å²) in [6.45, 7) is 0.282. The second-order valence-corrected chi connectivity index (χ2v) is 6.39. The van der Waals surface area contributed by atoms with Gasteiger partial charge in [-0.2, -0.15) is 15.8 Å². The predicted molar refractivity (Wildman–Crippen MR) is 113 cm³/mol. The lowest BCUT2D eigenvalue weighted by Crippen LogP contribution is -2.33. The van der Waals surface area contributed by atoms with E-state index in [1.807, 2.05) is 6.07 Å². The van der Waals surface area contributed by atoms with E-state index in [-0.39, 0.29) is 35.5 Å². The molecule has 0 amide bonds. The average molecular weight is 417 g/mol. The Morgan fingerprint density at radius 2 is 2.06 bits per heavy atom. The van der Waals surface area contributed by atoms with E-state index in [0.29, 0.717) is 35.5 Å². The molecule has 1 aromatic carbocycles. The highest BCUT2D eigenvalue weighted by Gasteiger charge is 2.32. The van der Waals surface area contributed by atoms with Gasteiger partial charge in [0.15, 0.2) is 17.7 Å². The molecule has 31 heavy (non-hydrogen) atoms. The number of hydrogen-bond acceptors (Lipinski definition) is 11. The summed E-state index contributed by atoms with van der Waals surface area (Å²) in [7, 11) is 1.51. The summed E-state index contributed by atoms with van der Waals surface area (Å²) in [5, 5.41) is 32.6. The Bertz CT molecular complexity index is 1160. The zero-order valence-corrected chi connectivity index (χ0v) is 16.6. The van der Waals surface area contributed by atoms with E-state index >= 15 is 0 Å². The monoisotopic (exact) mass is 417 g/mol. The van der Waals surface area contributed by atoms with Gasteiger partial charge in [-0.3, -0.25) is 5.32 Å². The van der Waals surface area contributed by atoms with Crippen LogP contribution in [0.25, 0.3) is 0 Å². The number of aliphatic imine (C=N–C) groups is 1. The maximum absolute atomic E-state index is 9.46. The maximum Gasteiger partial charge on any atom is 0.211 e. The molecular weight excluding hydrogens is 398 g/mol. The molecule has 11 heteroatoms. The van der Waals surface area contributed by atoms with Crippen LogP contribution in [0.5, 0.6) is 11.5 Å². The van der Waals surface area contributed by atoms with Crippen molar-refractivity contribution in [1.82, 2.24) is 10.3 Å². The van der Waals surface area contributed by atoms with E-state index < -0.39 is 6.04 Å². The van der Waals surface area contributed by atoms with Crippen LogP contribution in [0.1, 0.15) is 35.6 Å². The fourth-order valence-electron chi connectivity index (χ4n) is 3.19. The molecule has 0 saturated heterocycles. The minimum Gasteiger partial charge on any atom is -0.493 e. The molecule has 156 valence electrons. The van der Waals surface area contributed by atoms with Crippen molar-refractivity contribution in [2.75, 3.05) is 30.5 Å². The summed E-state index contributed by atoms with van der Waals surface area (Å²) in [6, 6.07) is 8.53. The molecule has 1 unspecified atom stereocenters. The Morgan fingerprint density at radius 1 is 1.26 bits per heavy atom. The summed E-state index contributed by atoms with van der Waals surface area (Å²) < 4.78 is 11.4. The normalized spacial score (nSPS) is 14.0. The largest absolute Gasteiger partial charge is 0.493 e. The lowest BCUT2D eigenvalue weighted by molar-refractivity contribution is 0.287. The molecule has 2 aromatic rings. The molecule has 0 radical (unpaired) electrons. The molecule has 1 atom stereocenters. The second-order valence-electron chi connectivity index (χ2n) is 6.39. The first-order chi connectivity index (χ1) is 15.0. The van der Waals surface area contributed by atoms with Gasteiger partial charge in [-0.25, -0.2) is 9.98 Å². The number of nitriles is 3. The Morgan fingerprint density at radius 3 is 2.74 bits per heavy atom. The van der Waals surface area contributed by atoms with Gasteiger partial charge < -0.3 is 26.3 Å². The third-order valence-electron chi connectivity index (χ3n) is 4.56. The number of para-hydroxylation sites is 1. The molecule has 1 aliphatic heterocycles. The minimum absolute atomic E-state index is 0.0387. The Balaban J connectivity index is 2.19. The summed E-state index contributed by atoms with van der Waals surface area (Å²) >= 11 is 0. The third kappa shape index (κ3) is 4.04. The molecule has 11 nitrogen and oxygen atoms in total. The van der Waals surface area contributed by atoms with Gasteiger partial charge in [-0.05, 0) is 12.5 Å². The summed E-state index contributed by atoms with van der Waals surface area (Å²) in [5.41, 5.74) is 13.3. The van der Waals surface area contributed by atoms with E-state index in [1.54, 1.807) is 24.4 Å². The van der Waals surface area contributed by atoms with Gasteiger partial charge in [0.25, 0.3) is 0 Å². The lowest BCUT2D eigenvalue weighted by atomic mass is 9.94. The number of pyridine rings is 1. The Kier molecular flexibility index (Phi) is 6.24. The predicted octanol–water partition coefficient (Wildman–Crippen LogP) is 1.75. The third-order valence-corrected chi connectivity index (χ3v) is 4.56. The topological polar surface area (TPSA) is 191 Å². The number of benzene rings is 1. The number of fused-ring (bicyclic) bond motifs is 1. The van der Waals surface area contributed by atoms with Gasteiger partial charge in [0.2, 0.25) is 5.96 Å². The van der Waals surface area contributed by atoms with Crippen molar-refractivity contribution in [1.29, 1.82) is 15.8 Å². The van der Waals surface area contributed by atoms with E-state index in [2.05, 4.69) is 26.7 Å².